The second kappa shape index (κ2) is 7.63. The van der Waals surface area contributed by atoms with Gasteiger partial charge in [-0.05, 0) is 29.3 Å². The van der Waals surface area contributed by atoms with Gasteiger partial charge in [0, 0.05) is 11.4 Å². The number of halogens is 1. The van der Waals surface area contributed by atoms with Crippen LogP contribution in [0.1, 0.15) is 11.1 Å². The third-order valence-electron chi connectivity index (χ3n) is 2.95. The van der Waals surface area contributed by atoms with Crippen molar-refractivity contribution in [1.82, 2.24) is 0 Å². The Balaban J connectivity index is 1.97. The van der Waals surface area contributed by atoms with Crippen molar-refractivity contribution in [2.24, 2.45) is 0 Å². The predicted molar refractivity (Wildman–Crippen MR) is 86.7 cm³/mol. The molecule has 2 aromatic carbocycles. The largest absolute Gasteiger partial charge is 0.489 e. The monoisotopic (exact) mass is 340 g/mol. The molecule has 0 atom stereocenters. The number of rotatable bonds is 7. The average Bonchev–Trinajstić information content (AvgIpc) is 2.46. The van der Waals surface area contributed by atoms with Crippen LogP contribution in [0.5, 0.6) is 5.75 Å². The Bertz CT molecular complexity index is 711. The molecule has 0 aromatic heterocycles. The summed E-state index contributed by atoms with van der Waals surface area (Å²) < 4.78 is 32.5. The van der Waals surface area contributed by atoms with E-state index in [0.717, 1.165) is 23.1 Å². The molecule has 0 bridgehead atoms. The highest BCUT2D eigenvalue weighted by atomic mass is 35.5. The van der Waals surface area contributed by atoms with E-state index >= 15 is 0 Å². The summed E-state index contributed by atoms with van der Waals surface area (Å²) in [7, 11) is -3.42. The van der Waals surface area contributed by atoms with Crippen molar-refractivity contribution in [2.45, 2.75) is 13.0 Å². The van der Waals surface area contributed by atoms with E-state index in [0.29, 0.717) is 18.1 Å². The summed E-state index contributed by atoms with van der Waals surface area (Å²) in [6, 6.07) is 14.9. The molecule has 0 aliphatic heterocycles. The van der Waals surface area contributed by atoms with Crippen molar-refractivity contribution < 1.29 is 17.3 Å². The molecule has 4 nitrogen and oxygen atoms in total. The molecule has 0 aliphatic rings. The smallest absolute Gasteiger partial charge is 0.264 e. The fourth-order valence-electron chi connectivity index (χ4n) is 1.90. The number of hydrogen-bond acceptors (Lipinski definition) is 4. The second-order valence-corrected chi connectivity index (χ2v) is 6.88. The molecule has 2 aromatic rings. The lowest BCUT2D eigenvalue weighted by molar-refractivity contribution is 0.295. The highest BCUT2D eigenvalue weighted by Crippen LogP contribution is 2.20. The summed E-state index contributed by atoms with van der Waals surface area (Å²) in [6.45, 7) is 0.515. The van der Waals surface area contributed by atoms with Gasteiger partial charge < -0.3 is 4.74 Å². The zero-order valence-electron chi connectivity index (χ0n) is 12.2. The van der Waals surface area contributed by atoms with E-state index in [9.17, 15) is 8.42 Å². The minimum Gasteiger partial charge on any atom is -0.489 e. The summed E-state index contributed by atoms with van der Waals surface area (Å²) in [6.07, 6.45) is 1.50. The Morgan fingerprint density at radius 1 is 1.05 bits per heavy atom. The van der Waals surface area contributed by atoms with Gasteiger partial charge in [-0.2, -0.15) is 8.42 Å². The van der Waals surface area contributed by atoms with Gasteiger partial charge in [0.05, 0.1) is 12.9 Å². The molecular weight excluding hydrogens is 324 g/mol. The van der Waals surface area contributed by atoms with Gasteiger partial charge in [-0.3, -0.25) is 4.18 Å². The Morgan fingerprint density at radius 2 is 1.73 bits per heavy atom. The molecule has 0 N–H and O–H groups in total. The van der Waals surface area contributed by atoms with Gasteiger partial charge in [0.15, 0.2) is 0 Å². The maximum atomic E-state index is 11.0. The summed E-state index contributed by atoms with van der Waals surface area (Å²) in [5.41, 5.74) is 1.91. The molecule has 0 amide bonds. The predicted octanol–water partition coefficient (Wildman–Crippen LogP) is 3.44. The van der Waals surface area contributed by atoms with Gasteiger partial charge >= 0.3 is 0 Å². The Hall–Kier alpha value is -1.56. The summed E-state index contributed by atoms with van der Waals surface area (Å²) >= 11 is 5.84. The minimum atomic E-state index is -3.42. The number of benzene rings is 2. The van der Waals surface area contributed by atoms with Crippen molar-refractivity contribution in [3.63, 3.8) is 0 Å². The summed E-state index contributed by atoms with van der Waals surface area (Å²) in [5, 5.41) is 0.682. The Morgan fingerprint density at radius 3 is 2.41 bits per heavy atom. The van der Waals surface area contributed by atoms with Gasteiger partial charge in [0.2, 0.25) is 0 Å². The van der Waals surface area contributed by atoms with E-state index < -0.39 is 10.1 Å². The van der Waals surface area contributed by atoms with Crippen LogP contribution in [-0.4, -0.2) is 21.3 Å². The van der Waals surface area contributed by atoms with E-state index in [2.05, 4.69) is 0 Å². The quantitative estimate of drug-likeness (QED) is 0.724. The lowest BCUT2D eigenvalue weighted by Crippen LogP contribution is -2.07. The van der Waals surface area contributed by atoms with Crippen molar-refractivity contribution >= 4 is 21.7 Å². The zero-order valence-corrected chi connectivity index (χ0v) is 13.7. The van der Waals surface area contributed by atoms with Crippen LogP contribution in [-0.2, 0) is 27.3 Å². The third kappa shape index (κ3) is 5.67. The van der Waals surface area contributed by atoms with Gasteiger partial charge in [0.25, 0.3) is 10.1 Å². The van der Waals surface area contributed by atoms with Gasteiger partial charge in [-0.15, -0.1) is 0 Å². The maximum absolute atomic E-state index is 11.0. The third-order valence-corrected chi connectivity index (χ3v) is 3.80. The zero-order chi connectivity index (χ0) is 16.0. The molecule has 2 rings (SSSR count). The molecule has 0 saturated carbocycles. The van der Waals surface area contributed by atoms with Crippen LogP contribution < -0.4 is 4.74 Å². The van der Waals surface area contributed by atoms with Crippen LogP contribution >= 0.6 is 11.6 Å². The molecule has 0 spiro atoms. The Labute approximate surface area is 135 Å². The molecule has 0 aliphatic carbocycles. The lowest BCUT2D eigenvalue weighted by atomic mass is 10.1. The lowest BCUT2D eigenvalue weighted by Gasteiger charge is -2.11. The van der Waals surface area contributed by atoms with Crippen LogP contribution in [0.4, 0.5) is 0 Å². The van der Waals surface area contributed by atoms with Crippen LogP contribution in [0.3, 0.4) is 0 Å². The topological polar surface area (TPSA) is 52.6 Å². The van der Waals surface area contributed by atoms with E-state index in [-0.39, 0.29) is 6.61 Å². The normalized spacial score (nSPS) is 11.4. The molecule has 22 heavy (non-hydrogen) atoms. The number of para-hydroxylation sites is 1. The fourth-order valence-corrected chi connectivity index (χ4v) is 2.41. The number of ether oxygens (including phenoxy) is 1. The van der Waals surface area contributed by atoms with Crippen LogP contribution in [0, 0.1) is 0 Å². The van der Waals surface area contributed by atoms with Gasteiger partial charge in [-0.25, -0.2) is 0 Å². The first kappa shape index (κ1) is 16.8. The van der Waals surface area contributed by atoms with Gasteiger partial charge in [-0.1, -0.05) is 41.9 Å². The van der Waals surface area contributed by atoms with Crippen molar-refractivity contribution in [3.05, 3.63) is 64.7 Å². The molecule has 0 fully saturated rings. The molecule has 6 heteroatoms. The van der Waals surface area contributed by atoms with Crippen molar-refractivity contribution in [2.75, 3.05) is 12.9 Å². The summed E-state index contributed by atoms with van der Waals surface area (Å²) in [5.74, 6) is 0.717. The first-order valence-electron chi connectivity index (χ1n) is 6.73. The van der Waals surface area contributed by atoms with E-state index in [1.165, 1.54) is 0 Å². The summed E-state index contributed by atoms with van der Waals surface area (Å²) in [4.78, 5) is 0. The van der Waals surface area contributed by atoms with E-state index in [4.69, 9.17) is 20.5 Å². The molecule has 0 heterocycles. The van der Waals surface area contributed by atoms with Crippen LogP contribution in [0.2, 0.25) is 5.02 Å². The minimum absolute atomic E-state index is 0.0974. The van der Waals surface area contributed by atoms with E-state index in [1.807, 2.05) is 48.5 Å². The standard InChI is InChI=1S/C16H17ClO4S/c1-22(18,19)21-11-10-14-4-2-3-5-16(14)20-12-13-6-8-15(17)9-7-13/h2-9H,10-12H2,1H3. The van der Waals surface area contributed by atoms with Crippen molar-refractivity contribution in [1.29, 1.82) is 0 Å². The highest BCUT2D eigenvalue weighted by Gasteiger charge is 2.06. The SMILES string of the molecule is CS(=O)(=O)OCCc1ccccc1OCc1ccc(Cl)cc1. The van der Waals surface area contributed by atoms with E-state index in [1.54, 1.807) is 0 Å². The molecule has 0 radical (unpaired) electrons. The second-order valence-electron chi connectivity index (χ2n) is 4.80. The molecule has 118 valence electrons. The van der Waals surface area contributed by atoms with Crippen molar-refractivity contribution in [3.8, 4) is 5.75 Å². The molecular formula is C16H17ClO4S. The highest BCUT2D eigenvalue weighted by molar-refractivity contribution is 7.85. The number of hydrogen-bond donors (Lipinski definition) is 0. The fraction of sp³-hybridized carbons (Fsp3) is 0.250. The maximum Gasteiger partial charge on any atom is 0.264 e. The van der Waals surface area contributed by atoms with Gasteiger partial charge in [0.1, 0.15) is 12.4 Å². The first-order valence-corrected chi connectivity index (χ1v) is 8.93. The molecule has 0 saturated heterocycles. The molecule has 0 unspecified atom stereocenters. The average molecular weight is 341 g/mol. The first-order chi connectivity index (χ1) is 10.4. The Kier molecular flexibility index (Phi) is 5.83. The van der Waals surface area contributed by atoms with Crippen LogP contribution in [0.15, 0.2) is 48.5 Å². The van der Waals surface area contributed by atoms with Crippen LogP contribution in [0.25, 0.3) is 0 Å².